The number of ether oxygens (including phenoxy) is 2. The second-order valence-corrected chi connectivity index (χ2v) is 8.36. The highest BCUT2D eigenvalue weighted by Crippen LogP contribution is 2.28. The van der Waals surface area contributed by atoms with Crippen molar-refractivity contribution in [3.8, 4) is 0 Å². The van der Waals surface area contributed by atoms with E-state index in [0.29, 0.717) is 16.8 Å². The number of carbonyl (C=O) groups is 3. The van der Waals surface area contributed by atoms with Crippen LogP contribution in [0.25, 0.3) is 0 Å². The summed E-state index contributed by atoms with van der Waals surface area (Å²) in [5, 5.41) is 10.4. The van der Waals surface area contributed by atoms with E-state index in [1.165, 1.54) is 4.90 Å². The van der Waals surface area contributed by atoms with Crippen LogP contribution in [-0.2, 0) is 19.1 Å². The van der Waals surface area contributed by atoms with E-state index in [-0.39, 0.29) is 19.1 Å². The molecule has 158 valence electrons. The highest BCUT2D eigenvalue weighted by Gasteiger charge is 2.41. The average molecular weight is 404 g/mol. The standard InChI is InChI=1S/C21H28N2O6/c1-13-14(18(25)22-9-6-10-22)7-5-8-15(13)23-11-12-28-17(19(23)26)16(24)20(27)29-21(2,3)4/h5,7-8,16-17,24H,6,9-12H2,1-4H3/t16-,17-/m1/s1. The largest absolute Gasteiger partial charge is 0.458 e. The molecule has 0 radical (unpaired) electrons. The predicted octanol–water partition coefficient (Wildman–Crippen LogP) is 1.28. The lowest BCUT2D eigenvalue weighted by Gasteiger charge is -2.36. The molecule has 2 fully saturated rings. The van der Waals surface area contributed by atoms with Crippen LogP contribution in [0.4, 0.5) is 5.69 Å². The molecule has 2 atom stereocenters. The van der Waals surface area contributed by atoms with Gasteiger partial charge in [-0.1, -0.05) is 6.07 Å². The third-order valence-electron chi connectivity index (χ3n) is 5.03. The van der Waals surface area contributed by atoms with Gasteiger partial charge in [0.1, 0.15) is 5.60 Å². The molecule has 1 aromatic rings. The first-order valence-corrected chi connectivity index (χ1v) is 9.83. The molecule has 0 spiro atoms. The maximum Gasteiger partial charge on any atom is 0.338 e. The van der Waals surface area contributed by atoms with Crippen molar-refractivity contribution in [2.75, 3.05) is 31.1 Å². The van der Waals surface area contributed by atoms with Crippen LogP contribution in [0.15, 0.2) is 18.2 Å². The van der Waals surface area contributed by atoms with E-state index in [1.807, 2.05) is 0 Å². The van der Waals surface area contributed by atoms with Gasteiger partial charge in [0, 0.05) is 30.9 Å². The number of anilines is 1. The number of likely N-dealkylation sites (tertiary alicyclic amines) is 1. The number of aliphatic hydroxyl groups is 1. The Kier molecular flexibility index (Phi) is 5.95. The summed E-state index contributed by atoms with van der Waals surface area (Å²) in [6, 6.07) is 5.23. The Balaban J connectivity index is 1.81. The fourth-order valence-electron chi connectivity index (χ4n) is 3.39. The zero-order valence-corrected chi connectivity index (χ0v) is 17.3. The van der Waals surface area contributed by atoms with Gasteiger partial charge in [-0.05, 0) is 51.8 Å². The first kappa shape index (κ1) is 21.3. The molecule has 3 rings (SSSR count). The molecule has 0 saturated carbocycles. The monoisotopic (exact) mass is 404 g/mol. The van der Waals surface area contributed by atoms with Crippen molar-refractivity contribution >= 4 is 23.5 Å². The molecular weight excluding hydrogens is 376 g/mol. The molecule has 2 heterocycles. The number of nitrogens with zero attached hydrogens (tertiary/aromatic N) is 2. The second-order valence-electron chi connectivity index (χ2n) is 8.36. The number of hydrogen-bond acceptors (Lipinski definition) is 6. The molecule has 1 N–H and O–H groups in total. The lowest BCUT2D eigenvalue weighted by molar-refractivity contribution is -0.177. The van der Waals surface area contributed by atoms with Gasteiger partial charge in [0.05, 0.1) is 6.61 Å². The lowest BCUT2D eigenvalue weighted by atomic mass is 10.0. The first-order valence-electron chi connectivity index (χ1n) is 9.83. The molecule has 0 aromatic heterocycles. The van der Waals surface area contributed by atoms with E-state index in [9.17, 15) is 19.5 Å². The van der Waals surface area contributed by atoms with Crippen LogP contribution < -0.4 is 4.90 Å². The second kappa shape index (κ2) is 8.12. The first-order chi connectivity index (χ1) is 13.6. The summed E-state index contributed by atoms with van der Waals surface area (Å²) in [6.45, 7) is 8.72. The molecule has 2 amide bonds. The molecule has 29 heavy (non-hydrogen) atoms. The summed E-state index contributed by atoms with van der Waals surface area (Å²) in [5.41, 5.74) is 1.01. The topological polar surface area (TPSA) is 96.4 Å². The minimum absolute atomic E-state index is 0.0540. The maximum atomic E-state index is 13.0. The highest BCUT2D eigenvalue weighted by atomic mass is 16.6. The molecule has 0 aliphatic carbocycles. The quantitative estimate of drug-likeness (QED) is 0.760. The van der Waals surface area contributed by atoms with Gasteiger partial charge in [-0.25, -0.2) is 4.79 Å². The molecule has 2 aliphatic heterocycles. The Bertz CT molecular complexity index is 812. The minimum Gasteiger partial charge on any atom is -0.458 e. The Morgan fingerprint density at radius 3 is 2.52 bits per heavy atom. The fourth-order valence-corrected chi connectivity index (χ4v) is 3.39. The van der Waals surface area contributed by atoms with E-state index in [0.717, 1.165) is 19.5 Å². The molecule has 8 nitrogen and oxygen atoms in total. The number of carbonyl (C=O) groups excluding carboxylic acids is 3. The van der Waals surface area contributed by atoms with Crippen LogP contribution >= 0.6 is 0 Å². The summed E-state index contributed by atoms with van der Waals surface area (Å²) in [6.07, 6.45) is -2.08. The number of rotatable bonds is 4. The van der Waals surface area contributed by atoms with Crippen LogP contribution in [-0.4, -0.2) is 71.8 Å². The molecule has 8 heteroatoms. The average Bonchev–Trinajstić information content (AvgIpc) is 2.59. The van der Waals surface area contributed by atoms with E-state index >= 15 is 0 Å². The van der Waals surface area contributed by atoms with Crippen molar-refractivity contribution in [1.29, 1.82) is 0 Å². The molecular formula is C21H28N2O6. The summed E-state index contributed by atoms with van der Waals surface area (Å²) in [4.78, 5) is 41.1. The Morgan fingerprint density at radius 2 is 1.93 bits per heavy atom. The number of hydrogen-bond donors (Lipinski definition) is 1. The van der Waals surface area contributed by atoms with Gasteiger partial charge >= 0.3 is 5.97 Å². The third-order valence-corrected chi connectivity index (χ3v) is 5.03. The van der Waals surface area contributed by atoms with Crippen molar-refractivity contribution in [3.63, 3.8) is 0 Å². The van der Waals surface area contributed by atoms with E-state index < -0.39 is 29.7 Å². The normalized spacial score (nSPS) is 20.9. The van der Waals surface area contributed by atoms with Crippen molar-refractivity contribution in [2.24, 2.45) is 0 Å². The van der Waals surface area contributed by atoms with Gasteiger partial charge < -0.3 is 24.4 Å². The van der Waals surface area contributed by atoms with Crippen molar-refractivity contribution in [1.82, 2.24) is 4.90 Å². The molecule has 2 aliphatic rings. The highest BCUT2D eigenvalue weighted by molar-refractivity contribution is 6.03. The van der Waals surface area contributed by atoms with Gasteiger partial charge in [-0.15, -0.1) is 0 Å². The van der Waals surface area contributed by atoms with E-state index in [1.54, 1.807) is 50.8 Å². The van der Waals surface area contributed by atoms with Gasteiger partial charge in [0.15, 0.2) is 12.2 Å². The summed E-state index contributed by atoms with van der Waals surface area (Å²) in [7, 11) is 0. The van der Waals surface area contributed by atoms with Crippen LogP contribution in [0.1, 0.15) is 43.1 Å². The molecule has 2 saturated heterocycles. The number of benzene rings is 1. The van der Waals surface area contributed by atoms with Crippen LogP contribution in [0.5, 0.6) is 0 Å². The number of aliphatic hydroxyl groups excluding tert-OH is 1. The molecule has 1 aromatic carbocycles. The van der Waals surface area contributed by atoms with Gasteiger partial charge in [-0.3, -0.25) is 9.59 Å². The predicted molar refractivity (Wildman–Crippen MR) is 106 cm³/mol. The van der Waals surface area contributed by atoms with Gasteiger partial charge in [0.2, 0.25) is 0 Å². The lowest BCUT2D eigenvalue weighted by Crippen LogP contribution is -2.55. The van der Waals surface area contributed by atoms with Crippen LogP contribution in [0.3, 0.4) is 0 Å². The zero-order valence-electron chi connectivity index (χ0n) is 17.3. The Morgan fingerprint density at radius 1 is 1.24 bits per heavy atom. The Hall–Kier alpha value is -2.45. The Labute approximate surface area is 170 Å². The van der Waals surface area contributed by atoms with Crippen molar-refractivity contribution in [2.45, 2.75) is 51.9 Å². The number of morpholine rings is 1. The van der Waals surface area contributed by atoms with Crippen LogP contribution in [0.2, 0.25) is 0 Å². The summed E-state index contributed by atoms with van der Waals surface area (Å²) in [5.74, 6) is -1.50. The number of esters is 1. The third kappa shape index (κ3) is 4.43. The maximum absolute atomic E-state index is 13.0. The van der Waals surface area contributed by atoms with Gasteiger partial charge in [0.25, 0.3) is 11.8 Å². The molecule has 0 bridgehead atoms. The SMILES string of the molecule is Cc1c(C(=O)N2CCC2)cccc1N1CCO[C@H]([C@@H](O)C(=O)OC(C)(C)C)C1=O. The van der Waals surface area contributed by atoms with Crippen molar-refractivity contribution < 1.29 is 29.0 Å². The van der Waals surface area contributed by atoms with E-state index in [2.05, 4.69) is 0 Å². The van der Waals surface area contributed by atoms with Gasteiger partial charge in [-0.2, -0.15) is 0 Å². The smallest absolute Gasteiger partial charge is 0.338 e. The molecule has 0 unspecified atom stereocenters. The van der Waals surface area contributed by atoms with E-state index in [4.69, 9.17) is 9.47 Å². The van der Waals surface area contributed by atoms with Crippen molar-refractivity contribution in [3.05, 3.63) is 29.3 Å². The fraction of sp³-hybridized carbons (Fsp3) is 0.571. The summed E-state index contributed by atoms with van der Waals surface area (Å²) >= 11 is 0. The summed E-state index contributed by atoms with van der Waals surface area (Å²) < 4.78 is 10.6. The minimum atomic E-state index is -1.73. The van der Waals surface area contributed by atoms with Crippen LogP contribution in [0, 0.1) is 6.92 Å². The zero-order chi connectivity index (χ0) is 21.3. The number of amides is 2.